The lowest BCUT2D eigenvalue weighted by Gasteiger charge is -2.14. The fourth-order valence-corrected chi connectivity index (χ4v) is 3.61. The van der Waals surface area contributed by atoms with Gasteiger partial charge in [0.25, 0.3) is 0 Å². The van der Waals surface area contributed by atoms with Crippen molar-refractivity contribution >= 4 is 29.1 Å². The molecule has 1 aliphatic heterocycles. The summed E-state index contributed by atoms with van der Waals surface area (Å²) in [6, 6.07) is 15.7. The number of rotatable bonds is 4. The summed E-state index contributed by atoms with van der Waals surface area (Å²) in [5, 5.41) is 14.9. The smallest absolute Gasteiger partial charge is 0.212 e. The number of thioether (sulfide) groups is 1. The molecule has 5 nitrogen and oxygen atoms in total. The van der Waals surface area contributed by atoms with Crippen LogP contribution in [-0.4, -0.2) is 33.4 Å². The van der Waals surface area contributed by atoms with Crippen LogP contribution in [-0.2, 0) is 6.42 Å². The van der Waals surface area contributed by atoms with Gasteiger partial charge in [-0.15, -0.1) is 10.2 Å². The zero-order valence-electron chi connectivity index (χ0n) is 13.5. The third-order valence-electron chi connectivity index (χ3n) is 3.91. The van der Waals surface area contributed by atoms with E-state index in [1.807, 2.05) is 53.2 Å². The van der Waals surface area contributed by atoms with E-state index in [0.717, 1.165) is 44.3 Å². The molecule has 0 atom stereocenters. The van der Waals surface area contributed by atoms with Gasteiger partial charge in [-0.3, -0.25) is 0 Å². The zero-order chi connectivity index (χ0) is 17.2. The van der Waals surface area contributed by atoms with Gasteiger partial charge in [0.15, 0.2) is 5.82 Å². The van der Waals surface area contributed by atoms with Crippen molar-refractivity contribution in [2.45, 2.75) is 11.6 Å². The van der Waals surface area contributed by atoms with Gasteiger partial charge in [-0.1, -0.05) is 47.6 Å². The lowest BCUT2D eigenvalue weighted by molar-refractivity contribution is 0.414. The Balaban J connectivity index is 1.65. The summed E-state index contributed by atoms with van der Waals surface area (Å²) in [7, 11) is 1.66. The number of methoxy groups -OCH3 is 1. The molecule has 0 aliphatic carbocycles. The van der Waals surface area contributed by atoms with Crippen LogP contribution in [0.15, 0.2) is 58.8 Å². The topological polar surface area (TPSA) is 52.3 Å². The molecule has 0 bridgehead atoms. The monoisotopic (exact) mass is 370 g/mol. The van der Waals surface area contributed by atoms with E-state index in [-0.39, 0.29) is 0 Å². The Kier molecular flexibility index (Phi) is 4.46. The third-order valence-corrected chi connectivity index (χ3v) is 5.09. The fraction of sp³-hybridized carbons (Fsp3) is 0.167. The summed E-state index contributed by atoms with van der Waals surface area (Å²) in [5.74, 6) is 2.40. The second kappa shape index (κ2) is 6.90. The number of aromatic nitrogens is 3. The van der Waals surface area contributed by atoms with Gasteiger partial charge in [-0.2, -0.15) is 9.78 Å². The molecule has 0 saturated carbocycles. The first-order valence-electron chi connectivity index (χ1n) is 7.77. The number of hydrogen-bond donors (Lipinski definition) is 0. The van der Waals surface area contributed by atoms with E-state index in [1.165, 1.54) is 0 Å². The third kappa shape index (κ3) is 3.41. The van der Waals surface area contributed by atoms with Crippen LogP contribution in [0.3, 0.4) is 0 Å². The molecule has 2 heterocycles. The summed E-state index contributed by atoms with van der Waals surface area (Å²) in [6.45, 7) is 0. The van der Waals surface area contributed by atoms with Crippen molar-refractivity contribution in [1.82, 2.24) is 14.9 Å². The SMILES string of the molecule is COc1cccc(Cc2nnc3n2N=C(c2ccc(Cl)cc2)CS3)c1. The Bertz CT molecular complexity index is 937. The van der Waals surface area contributed by atoms with Gasteiger partial charge in [0.05, 0.1) is 12.8 Å². The van der Waals surface area contributed by atoms with Gasteiger partial charge < -0.3 is 4.74 Å². The molecule has 4 rings (SSSR count). The number of hydrogen-bond acceptors (Lipinski definition) is 5. The van der Waals surface area contributed by atoms with Crippen molar-refractivity contribution in [2.75, 3.05) is 12.9 Å². The summed E-state index contributed by atoms with van der Waals surface area (Å²) in [6.07, 6.45) is 0.641. The van der Waals surface area contributed by atoms with Crippen LogP contribution in [0.25, 0.3) is 0 Å². The average molecular weight is 371 g/mol. The number of ether oxygens (including phenoxy) is 1. The molecule has 0 radical (unpaired) electrons. The Labute approximate surface area is 154 Å². The normalized spacial score (nSPS) is 13.3. The molecular formula is C18H15ClN4OS. The number of fused-ring (bicyclic) bond motifs is 1. The lowest BCUT2D eigenvalue weighted by Crippen LogP contribution is -2.14. The molecule has 0 fully saturated rings. The maximum atomic E-state index is 5.97. The van der Waals surface area contributed by atoms with Crippen molar-refractivity contribution in [1.29, 1.82) is 0 Å². The van der Waals surface area contributed by atoms with Crippen molar-refractivity contribution in [3.05, 3.63) is 70.5 Å². The van der Waals surface area contributed by atoms with Crippen LogP contribution in [0.2, 0.25) is 5.02 Å². The lowest BCUT2D eigenvalue weighted by atomic mass is 10.1. The highest BCUT2D eigenvalue weighted by Crippen LogP contribution is 2.26. The summed E-state index contributed by atoms with van der Waals surface area (Å²) < 4.78 is 7.12. The van der Waals surface area contributed by atoms with Crippen molar-refractivity contribution in [3.63, 3.8) is 0 Å². The van der Waals surface area contributed by atoms with Gasteiger partial charge in [0, 0.05) is 17.2 Å². The van der Waals surface area contributed by atoms with Gasteiger partial charge >= 0.3 is 0 Å². The molecule has 0 amide bonds. The number of nitrogens with zero attached hydrogens (tertiary/aromatic N) is 4. The van der Waals surface area contributed by atoms with Crippen molar-refractivity contribution in [3.8, 4) is 5.75 Å². The quantitative estimate of drug-likeness (QED) is 0.699. The van der Waals surface area contributed by atoms with E-state index >= 15 is 0 Å². The first-order valence-corrected chi connectivity index (χ1v) is 9.13. The van der Waals surface area contributed by atoms with E-state index in [2.05, 4.69) is 10.2 Å². The van der Waals surface area contributed by atoms with E-state index in [1.54, 1.807) is 18.9 Å². The van der Waals surface area contributed by atoms with E-state index in [9.17, 15) is 0 Å². The van der Waals surface area contributed by atoms with Crippen LogP contribution < -0.4 is 4.74 Å². The van der Waals surface area contributed by atoms with Gasteiger partial charge in [-0.25, -0.2) is 0 Å². The average Bonchev–Trinajstić information content (AvgIpc) is 3.04. The van der Waals surface area contributed by atoms with Crippen molar-refractivity contribution in [2.24, 2.45) is 5.10 Å². The van der Waals surface area contributed by atoms with Gasteiger partial charge in [-0.05, 0) is 35.4 Å². The van der Waals surface area contributed by atoms with Crippen molar-refractivity contribution < 1.29 is 4.74 Å². The van der Waals surface area contributed by atoms with E-state index in [0.29, 0.717) is 6.42 Å². The predicted octanol–water partition coefficient (Wildman–Crippen LogP) is 3.89. The Morgan fingerprint density at radius 3 is 2.80 bits per heavy atom. The first-order chi connectivity index (χ1) is 12.2. The Morgan fingerprint density at radius 1 is 1.16 bits per heavy atom. The van der Waals surface area contributed by atoms with E-state index < -0.39 is 0 Å². The molecular weight excluding hydrogens is 356 g/mol. The van der Waals surface area contributed by atoms with Gasteiger partial charge in [0.2, 0.25) is 5.16 Å². The fourth-order valence-electron chi connectivity index (χ4n) is 2.63. The maximum Gasteiger partial charge on any atom is 0.212 e. The van der Waals surface area contributed by atoms with Crippen LogP contribution in [0.1, 0.15) is 17.0 Å². The minimum absolute atomic E-state index is 0.641. The van der Waals surface area contributed by atoms with Crippen LogP contribution >= 0.6 is 23.4 Å². The van der Waals surface area contributed by atoms with Crippen LogP contribution in [0.5, 0.6) is 5.75 Å². The number of benzene rings is 2. The second-order valence-corrected chi connectivity index (χ2v) is 6.96. The molecule has 3 aromatic rings. The molecule has 7 heteroatoms. The minimum Gasteiger partial charge on any atom is -0.497 e. The Morgan fingerprint density at radius 2 is 2.00 bits per heavy atom. The van der Waals surface area contributed by atoms with E-state index in [4.69, 9.17) is 21.4 Å². The summed E-state index contributed by atoms with van der Waals surface area (Å²) >= 11 is 7.61. The predicted molar refractivity (Wildman–Crippen MR) is 99.9 cm³/mol. The molecule has 1 aliphatic rings. The highest BCUT2D eigenvalue weighted by atomic mass is 35.5. The summed E-state index contributed by atoms with van der Waals surface area (Å²) in [5.41, 5.74) is 3.15. The molecule has 2 aromatic carbocycles. The zero-order valence-corrected chi connectivity index (χ0v) is 15.1. The molecule has 25 heavy (non-hydrogen) atoms. The second-order valence-electron chi connectivity index (χ2n) is 5.58. The summed E-state index contributed by atoms with van der Waals surface area (Å²) in [4.78, 5) is 0. The van der Waals surface area contributed by atoms with Crippen LogP contribution in [0.4, 0.5) is 0 Å². The molecule has 0 unspecified atom stereocenters. The minimum atomic E-state index is 0.641. The Hall–Kier alpha value is -2.31. The first kappa shape index (κ1) is 16.2. The molecule has 0 N–H and O–H groups in total. The van der Waals surface area contributed by atoms with Crippen LogP contribution in [0, 0.1) is 0 Å². The molecule has 126 valence electrons. The largest absolute Gasteiger partial charge is 0.497 e. The molecule has 0 saturated heterocycles. The van der Waals surface area contributed by atoms with Gasteiger partial charge in [0.1, 0.15) is 5.75 Å². The molecule has 1 aromatic heterocycles. The highest BCUT2D eigenvalue weighted by molar-refractivity contribution is 7.99. The standard InChI is InChI=1S/C18H15ClN4OS/c1-24-15-4-2-3-12(9-15)10-17-20-21-18-23(17)22-16(11-25-18)13-5-7-14(19)8-6-13/h2-9H,10-11H2,1H3. The molecule has 0 spiro atoms. The number of halogens is 1. The maximum absolute atomic E-state index is 5.97. The highest BCUT2D eigenvalue weighted by Gasteiger charge is 2.20.